The standard InChI is InChI=1S/C31H30N2O3/c1-20-17-32(18-21(2)31(20)26-15-9-7-13-24(26)30(35)36-31)29(34)28-22(3)33(19-23-11-5-4-6-12-23)27-16-10-8-14-25(27)28/h4-16,20-21H,17-19H2,1-3H3. The SMILES string of the molecule is Cc1c(C(=O)N2CC(C)C3(OC(=O)c4ccccc43)C(C)C2)c2ccccc2n1Cc1ccccc1. The van der Waals surface area contributed by atoms with Crippen LogP contribution in [0, 0.1) is 18.8 Å². The number of likely N-dealkylation sites (tertiary alicyclic amines) is 1. The second kappa shape index (κ2) is 8.37. The molecule has 36 heavy (non-hydrogen) atoms. The molecule has 0 saturated carbocycles. The lowest BCUT2D eigenvalue weighted by Crippen LogP contribution is -2.56. The fraction of sp³-hybridized carbons (Fsp3) is 0.290. The molecule has 0 aliphatic carbocycles. The highest BCUT2D eigenvalue weighted by Gasteiger charge is 2.56. The first-order chi connectivity index (χ1) is 17.4. The first-order valence-corrected chi connectivity index (χ1v) is 12.7. The van der Waals surface area contributed by atoms with Crippen molar-refractivity contribution in [2.24, 2.45) is 11.8 Å². The van der Waals surface area contributed by atoms with Crippen LogP contribution in [-0.2, 0) is 16.9 Å². The molecule has 1 amide bonds. The van der Waals surface area contributed by atoms with Crippen molar-refractivity contribution < 1.29 is 14.3 Å². The van der Waals surface area contributed by atoms with Gasteiger partial charge in [-0.15, -0.1) is 0 Å². The number of ether oxygens (including phenoxy) is 1. The van der Waals surface area contributed by atoms with Crippen LogP contribution in [0.5, 0.6) is 0 Å². The van der Waals surface area contributed by atoms with E-state index in [1.54, 1.807) is 0 Å². The normalized spacial score (nSPS) is 23.2. The van der Waals surface area contributed by atoms with Gasteiger partial charge in [-0.1, -0.05) is 80.6 Å². The van der Waals surface area contributed by atoms with Crippen LogP contribution >= 0.6 is 0 Å². The summed E-state index contributed by atoms with van der Waals surface area (Å²) in [7, 11) is 0. The molecule has 1 spiro atoms. The summed E-state index contributed by atoms with van der Waals surface area (Å²) in [6.07, 6.45) is 0. The van der Waals surface area contributed by atoms with Gasteiger partial charge in [-0.25, -0.2) is 4.79 Å². The third-order valence-corrected chi connectivity index (χ3v) is 8.20. The quantitative estimate of drug-likeness (QED) is 0.350. The maximum absolute atomic E-state index is 14.1. The van der Waals surface area contributed by atoms with Gasteiger partial charge in [-0.2, -0.15) is 0 Å². The van der Waals surface area contributed by atoms with Crippen molar-refractivity contribution in [3.63, 3.8) is 0 Å². The molecule has 182 valence electrons. The molecule has 1 aromatic heterocycles. The molecule has 0 bridgehead atoms. The topological polar surface area (TPSA) is 51.5 Å². The molecule has 2 atom stereocenters. The second-order valence-electron chi connectivity index (χ2n) is 10.3. The summed E-state index contributed by atoms with van der Waals surface area (Å²) < 4.78 is 8.34. The third kappa shape index (κ3) is 3.22. The van der Waals surface area contributed by atoms with Crippen molar-refractivity contribution in [1.29, 1.82) is 0 Å². The average Bonchev–Trinajstić information content (AvgIpc) is 3.35. The van der Waals surface area contributed by atoms with Crippen molar-refractivity contribution in [3.05, 3.63) is 107 Å². The Labute approximate surface area is 211 Å². The van der Waals surface area contributed by atoms with Gasteiger partial charge in [-0.3, -0.25) is 4.79 Å². The second-order valence-corrected chi connectivity index (χ2v) is 10.3. The van der Waals surface area contributed by atoms with Gasteiger partial charge in [0.2, 0.25) is 0 Å². The van der Waals surface area contributed by atoms with Gasteiger partial charge in [0.1, 0.15) is 5.60 Å². The van der Waals surface area contributed by atoms with Gasteiger partial charge >= 0.3 is 5.97 Å². The van der Waals surface area contributed by atoms with E-state index >= 15 is 0 Å². The van der Waals surface area contributed by atoms with E-state index in [2.05, 4.69) is 36.6 Å². The Bertz CT molecular complexity index is 1470. The maximum Gasteiger partial charge on any atom is 0.339 e. The van der Waals surface area contributed by atoms with Crippen molar-refractivity contribution in [3.8, 4) is 0 Å². The number of esters is 1. The summed E-state index contributed by atoms with van der Waals surface area (Å²) in [5.74, 6) is -0.280. The molecule has 2 unspecified atom stereocenters. The zero-order valence-electron chi connectivity index (χ0n) is 20.9. The summed E-state index contributed by atoms with van der Waals surface area (Å²) >= 11 is 0. The predicted molar refractivity (Wildman–Crippen MR) is 140 cm³/mol. The number of rotatable bonds is 3. The molecule has 0 radical (unpaired) electrons. The van der Waals surface area contributed by atoms with Gasteiger partial charge in [0.25, 0.3) is 5.91 Å². The number of hydrogen-bond donors (Lipinski definition) is 0. The molecule has 0 N–H and O–H groups in total. The van der Waals surface area contributed by atoms with Gasteiger partial charge in [0.15, 0.2) is 0 Å². The number of hydrogen-bond acceptors (Lipinski definition) is 3. The molecule has 4 aromatic rings. The van der Waals surface area contributed by atoms with Crippen molar-refractivity contribution in [2.45, 2.75) is 32.9 Å². The fourth-order valence-corrected chi connectivity index (χ4v) is 6.48. The summed E-state index contributed by atoms with van der Waals surface area (Å²) in [4.78, 5) is 28.8. The fourth-order valence-electron chi connectivity index (χ4n) is 6.48. The van der Waals surface area contributed by atoms with Crippen LogP contribution in [0.4, 0.5) is 0 Å². The minimum absolute atomic E-state index is 0.0317. The lowest BCUT2D eigenvalue weighted by Gasteiger charge is -2.48. The van der Waals surface area contributed by atoms with Crippen LogP contribution in [0.3, 0.4) is 0 Å². The molecule has 3 heterocycles. The van der Waals surface area contributed by atoms with E-state index in [1.807, 2.05) is 72.5 Å². The molecule has 1 fully saturated rings. The summed E-state index contributed by atoms with van der Waals surface area (Å²) in [5.41, 5.74) is 4.91. The Balaban J connectivity index is 1.36. The molecular formula is C31H30N2O3. The van der Waals surface area contributed by atoms with Gasteiger partial charge in [-0.05, 0) is 24.6 Å². The molecule has 1 saturated heterocycles. The highest BCUT2D eigenvalue weighted by Crippen LogP contribution is 2.50. The van der Waals surface area contributed by atoms with Crippen molar-refractivity contribution >= 4 is 22.8 Å². The van der Waals surface area contributed by atoms with Crippen molar-refractivity contribution in [2.75, 3.05) is 13.1 Å². The predicted octanol–water partition coefficient (Wildman–Crippen LogP) is 5.79. The van der Waals surface area contributed by atoms with E-state index in [0.717, 1.165) is 27.7 Å². The zero-order valence-corrected chi connectivity index (χ0v) is 20.9. The van der Waals surface area contributed by atoms with E-state index < -0.39 is 5.60 Å². The largest absolute Gasteiger partial charge is 0.450 e. The molecule has 3 aromatic carbocycles. The number of carbonyl (C=O) groups excluding carboxylic acids is 2. The molecule has 5 heteroatoms. The molecule has 5 nitrogen and oxygen atoms in total. The number of benzene rings is 3. The molecule has 2 aliphatic heterocycles. The van der Waals surface area contributed by atoms with Crippen LogP contribution in [0.15, 0.2) is 78.9 Å². The Morgan fingerprint density at radius 2 is 1.56 bits per heavy atom. The van der Waals surface area contributed by atoms with E-state index in [-0.39, 0.29) is 23.7 Å². The van der Waals surface area contributed by atoms with E-state index in [9.17, 15) is 9.59 Å². The summed E-state index contributed by atoms with van der Waals surface area (Å²) in [5, 5.41) is 0.981. The van der Waals surface area contributed by atoms with E-state index in [1.165, 1.54) is 5.56 Å². The number of amides is 1. The Hall–Kier alpha value is -3.86. The van der Waals surface area contributed by atoms with Gasteiger partial charge in [0.05, 0.1) is 11.1 Å². The number of aromatic nitrogens is 1. The summed E-state index contributed by atoms with van der Waals surface area (Å²) in [6, 6.07) is 26.2. The first-order valence-electron chi connectivity index (χ1n) is 12.7. The van der Waals surface area contributed by atoms with Crippen LogP contribution < -0.4 is 0 Å². The first kappa shape index (κ1) is 22.6. The van der Waals surface area contributed by atoms with Gasteiger partial charge < -0.3 is 14.2 Å². The Morgan fingerprint density at radius 3 is 2.31 bits per heavy atom. The number of nitrogens with zero attached hydrogens (tertiary/aromatic N) is 2. The monoisotopic (exact) mass is 478 g/mol. The molecule has 2 aliphatic rings. The van der Waals surface area contributed by atoms with Crippen LogP contribution in [0.1, 0.15) is 51.4 Å². The number of fused-ring (bicyclic) bond motifs is 3. The number of piperidine rings is 1. The summed E-state index contributed by atoms with van der Waals surface area (Å²) in [6.45, 7) is 8.01. The highest BCUT2D eigenvalue weighted by atomic mass is 16.6. The third-order valence-electron chi connectivity index (χ3n) is 8.20. The lowest BCUT2D eigenvalue weighted by atomic mass is 9.70. The average molecular weight is 479 g/mol. The number of para-hydroxylation sites is 1. The Kier molecular flexibility index (Phi) is 5.25. The van der Waals surface area contributed by atoms with Crippen LogP contribution in [0.2, 0.25) is 0 Å². The molecule has 6 rings (SSSR count). The molecular weight excluding hydrogens is 448 g/mol. The highest BCUT2D eigenvalue weighted by molar-refractivity contribution is 6.08. The minimum atomic E-state index is -0.694. The van der Waals surface area contributed by atoms with Crippen molar-refractivity contribution in [1.82, 2.24) is 9.47 Å². The Morgan fingerprint density at radius 1 is 0.917 bits per heavy atom. The smallest absolute Gasteiger partial charge is 0.339 e. The minimum Gasteiger partial charge on any atom is -0.450 e. The lowest BCUT2D eigenvalue weighted by molar-refractivity contribution is -0.105. The van der Waals surface area contributed by atoms with Crippen LogP contribution in [-0.4, -0.2) is 34.4 Å². The van der Waals surface area contributed by atoms with Gasteiger partial charge in [0, 0.05) is 53.6 Å². The zero-order chi connectivity index (χ0) is 25.0. The van der Waals surface area contributed by atoms with E-state index in [0.29, 0.717) is 25.2 Å². The van der Waals surface area contributed by atoms with E-state index in [4.69, 9.17) is 4.74 Å². The van der Waals surface area contributed by atoms with Crippen LogP contribution in [0.25, 0.3) is 10.9 Å². The number of carbonyl (C=O) groups is 2. The maximum atomic E-state index is 14.1.